The van der Waals surface area contributed by atoms with Crippen LogP contribution in [-0.2, 0) is 0 Å². The summed E-state index contributed by atoms with van der Waals surface area (Å²) in [6.07, 6.45) is 0. The van der Waals surface area contributed by atoms with Crippen LogP contribution < -0.4 is 0 Å². The summed E-state index contributed by atoms with van der Waals surface area (Å²) in [5.74, 6) is 0. The summed E-state index contributed by atoms with van der Waals surface area (Å²) >= 11 is 3.48. The van der Waals surface area contributed by atoms with Crippen LogP contribution in [0, 0.1) is 11.3 Å². The Bertz CT molecular complexity index is 1630. The van der Waals surface area contributed by atoms with Crippen molar-refractivity contribution in [1.82, 2.24) is 4.57 Å². The van der Waals surface area contributed by atoms with Crippen LogP contribution in [0.1, 0.15) is 5.56 Å². The van der Waals surface area contributed by atoms with Gasteiger partial charge < -0.3 is 8.98 Å². The largest absolute Gasteiger partial charge is 0.455 e. The summed E-state index contributed by atoms with van der Waals surface area (Å²) in [7, 11) is 0. The van der Waals surface area contributed by atoms with Gasteiger partial charge in [-0.2, -0.15) is 5.26 Å². The van der Waals surface area contributed by atoms with Crippen LogP contribution >= 0.6 is 15.9 Å². The molecule has 6 rings (SSSR count). The van der Waals surface area contributed by atoms with Gasteiger partial charge in [0.15, 0.2) is 0 Å². The first-order chi connectivity index (χ1) is 14.3. The van der Waals surface area contributed by atoms with E-state index < -0.39 is 0 Å². The molecule has 0 fully saturated rings. The molecular formula is C25H13BrN2O. The number of nitriles is 1. The second-order valence-corrected chi connectivity index (χ2v) is 7.98. The van der Waals surface area contributed by atoms with Crippen molar-refractivity contribution in [2.45, 2.75) is 0 Å². The highest BCUT2D eigenvalue weighted by Crippen LogP contribution is 2.40. The van der Waals surface area contributed by atoms with E-state index in [2.05, 4.69) is 56.9 Å². The number of halogens is 1. The summed E-state index contributed by atoms with van der Waals surface area (Å²) < 4.78 is 9.36. The third-order valence-electron chi connectivity index (χ3n) is 5.50. The molecule has 0 spiro atoms. The molecule has 4 heteroatoms. The maximum Gasteiger partial charge on any atom is 0.145 e. The van der Waals surface area contributed by atoms with E-state index in [1.165, 1.54) is 0 Å². The number of rotatable bonds is 1. The smallest absolute Gasteiger partial charge is 0.145 e. The van der Waals surface area contributed by atoms with Crippen molar-refractivity contribution in [2.75, 3.05) is 0 Å². The molecule has 2 heterocycles. The topological polar surface area (TPSA) is 41.9 Å². The normalized spacial score (nSPS) is 11.6. The predicted molar refractivity (Wildman–Crippen MR) is 120 cm³/mol. The average Bonchev–Trinajstić information content (AvgIpc) is 3.29. The van der Waals surface area contributed by atoms with E-state index in [-0.39, 0.29) is 0 Å². The van der Waals surface area contributed by atoms with Gasteiger partial charge in [0.25, 0.3) is 0 Å². The quantitative estimate of drug-likeness (QED) is 0.271. The van der Waals surface area contributed by atoms with Crippen LogP contribution in [0.3, 0.4) is 0 Å². The number of hydrogen-bond donors (Lipinski definition) is 0. The standard InChI is InChI=1S/C25H13BrN2O/c26-16-9-11-20(15(13-16)14-27)28-21-7-3-1-6-19(21)24-22(28)12-10-18-17-5-2-4-8-23(17)29-25(18)24/h1-13H. The first kappa shape index (κ1) is 16.4. The SMILES string of the molecule is N#Cc1cc(Br)ccc1-n1c2ccccc2c2c3oc4ccccc4c3ccc21. The third kappa shape index (κ3) is 2.22. The van der Waals surface area contributed by atoms with Crippen LogP contribution in [0.2, 0.25) is 0 Å². The number of aromatic nitrogens is 1. The number of furan rings is 1. The monoisotopic (exact) mass is 436 g/mol. The molecule has 0 saturated heterocycles. The van der Waals surface area contributed by atoms with E-state index >= 15 is 0 Å². The second kappa shape index (κ2) is 5.97. The van der Waals surface area contributed by atoms with Gasteiger partial charge in [0.1, 0.15) is 17.2 Å². The Labute approximate surface area is 174 Å². The molecule has 4 aromatic carbocycles. The van der Waals surface area contributed by atoms with Crippen LogP contribution in [0.5, 0.6) is 0 Å². The van der Waals surface area contributed by atoms with E-state index in [1.807, 2.05) is 48.5 Å². The summed E-state index contributed by atoms with van der Waals surface area (Å²) in [6, 6.07) is 28.8. The lowest BCUT2D eigenvalue weighted by atomic mass is 10.1. The Kier molecular flexibility index (Phi) is 3.38. The maximum atomic E-state index is 9.75. The van der Waals surface area contributed by atoms with Gasteiger partial charge >= 0.3 is 0 Å². The first-order valence-electron chi connectivity index (χ1n) is 9.30. The molecule has 0 amide bonds. The zero-order valence-corrected chi connectivity index (χ0v) is 16.8. The van der Waals surface area contributed by atoms with Gasteiger partial charge in [0, 0.05) is 20.6 Å². The lowest BCUT2D eigenvalue weighted by Crippen LogP contribution is -1.97. The Balaban J connectivity index is 1.86. The minimum atomic E-state index is 0.617. The van der Waals surface area contributed by atoms with Gasteiger partial charge in [-0.1, -0.05) is 52.3 Å². The molecule has 6 aromatic rings. The van der Waals surface area contributed by atoms with Crippen molar-refractivity contribution < 1.29 is 4.42 Å². The van der Waals surface area contributed by atoms with E-state index in [1.54, 1.807) is 0 Å². The van der Waals surface area contributed by atoms with Crippen molar-refractivity contribution in [2.24, 2.45) is 0 Å². The van der Waals surface area contributed by atoms with Gasteiger partial charge in [-0.05, 0) is 42.5 Å². The minimum Gasteiger partial charge on any atom is -0.455 e. The van der Waals surface area contributed by atoms with E-state index in [4.69, 9.17) is 4.42 Å². The van der Waals surface area contributed by atoms with Crippen LogP contribution in [0.15, 0.2) is 87.8 Å². The molecule has 136 valence electrons. The Morgan fingerprint density at radius 3 is 2.45 bits per heavy atom. The molecule has 0 unspecified atom stereocenters. The molecule has 0 aliphatic rings. The highest BCUT2D eigenvalue weighted by molar-refractivity contribution is 9.10. The van der Waals surface area contributed by atoms with E-state index in [9.17, 15) is 5.26 Å². The lowest BCUT2D eigenvalue weighted by molar-refractivity contribution is 0.673. The number of nitrogens with zero attached hydrogens (tertiary/aromatic N) is 2. The summed E-state index contributed by atoms with van der Waals surface area (Å²) in [6.45, 7) is 0. The molecule has 0 aliphatic heterocycles. The second-order valence-electron chi connectivity index (χ2n) is 7.06. The van der Waals surface area contributed by atoms with Crippen LogP contribution in [0.4, 0.5) is 0 Å². The number of para-hydroxylation sites is 2. The van der Waals surface area contributed by atoms with Crippen molar-refractivity contribution in [1.29, 1.82) is 5.26 Å². The number of hydrogen-bond acceptors (Lipinski definition) is 2. The summed E-state index contributed by atoms with van der Waals surface area (Å²) in [5.41, 5.74) is 5.32. The summed E-state index contributed by atoms with van der Waals surface area (Å²) in [5, 5.41) is 14.1. The molecule has 0 radical (unpaired) electrons. The molecule has 0 aliphatic carbocycles. The number of benzene rings is 4. The summed E-state index contributed by atoms with van der Waals surface area (Å²) in [4.78, 5) is 0. The molecule has 3 nitrogen and oxygen atoms in total. The molecule has 0 atom stereocenters. The predicted octanol–water partition coefficient (Wildman–Crippen LogP) is 7.32. The van der Waals surface area contributed by atoms with Gasteiger partial charge in [0.2, 0.25) is 0 Å². The Hall–Kier alpha value is -3.55. The zero-order valence-electron chi connectivity index (χ0n) is 15.2. The zero-order chi connectivity index (χ0) is 19.5. The highest BCUT2D eigenvalue weighted by Gasteiger charge is 2.19. The van der Waals surface area contributed by atoms with E-state index in [0.29, 0.717) is 5.56 Å². The van der Waals surface area contributed by atoms with Crippen LogP contribution in [0.25, 0.3) is 49.4 Å². The van der Waals surface area contributed by atoms with Crippen molar-refractivity contribution >= 4 is 59.7 Å². The van der Waals surface area contributed by atoms with E-state index in [0.717, 1.165) is 53.9 Å². The molecule has 0 N–H and O–H groups in total. The van der Waals surface area contributed by atoms with Gasteiger partial charge in [-0.15, -0.1) is 0 Å². The molecule has 0 bridgehead atoms. The first-order valence-corrected chi connectivity index (χ1v) is 10.1. The van der Waals surface area contributed by atoms with Crippen molar-refractivity contribution in [3.63, 3.8) is 0 Å². The fourth-order valence-corrected chi connectivity index (χ4v) is 4.65. The Morgan fingerprint density at radius 1 is 0.793 bits per heavy atom. The highest BCUT2D eigenvalue weighted by atomic mass is 79.9. The van der Waals surface area contributed by atoms with Crippen LogP contribution in [-0.4, -0.2) is 4.57 Å². The fourth-order valence-electron chi connectivity index (χ4n) is 4.29. The average molecular weight is 437 g/mol. The minimum absolute atomic E-state index is 0.617. The van der Waals surface area contributed by atoms with Gasteiger partial charge in [-0.25, -0.2) is 0 Å². The molecule has 0 saturated carbocycles. The van der Waals surface area contributed by atoms with Gasteiger partial charge in [0.05, 0.1) is 27.7 Å². The van der Waals surface area contributed by atoms with Gasteiger partial charge in [-0.3, -0.25) is 0 Å². The van der Waals surface area contributed by atoms with Crippen molar-refractivity contribution in [3.05, 3.63) is 88.9 Å². The Morgan fingerprint density at radius 2 is 1.59 bits per heavy atom. The fraction of sp³-hybridized carbons (Fsp3) is 0. The molecule has 29 heavy (non-hydrogen) atoms. The third-order valence-corrected chi connectivity index (χ3v) is 5.99. The van der Waals surface area contributed by atoms with Crippen molar-refractivity contribution in [3.8, 4) is 11.8 Å². The molecular weight excluding hydrogens is 424 g/mol. The molecule has 2 aromatic heterocycles. The lowest BCUT2D eigenvalue weighted by Gasteiger charge is -2.10. The maximum absolute atomic E-state index is 9.75. The number of fused-ring (bicyclic) bond motifs is 7.